The van der Waals surface area contributed by atoms with Crippen LogP contribution in [0.15, 0.2) is 12.7 Å². The van der Waals surface area contributed by atoms with Gasteiger partial charge in [-0.15, -0.1) is 6.58 Å². The Hall–Kier alpha value is -1.46. The van der Waals surface area contributed by atoms with Crippen molar-refractivity contribution in [2.45, 2.75) is 18.5 Å². The Morgan fingerprint density at radius 3 is 1.83 bits per heavy atom. The van der Waals surface area contributed by atoms with Crippen molar-refractivity contribution in [3.63, 3.8) is 0 Å². The van der Waals surface area contributed by atoms with E-state index in [-0.39, 0.29) is 12.8 Å². The van der Waals surface area contributed by atoms with E-state index in [1.807, 2.05) is 0 Å². The van der Waals surface area contributed by atoms with Crippen molar-refractivity contribution in [3.05, 3.63) is 39.8 Å². The Bertz CT molecular complexity index is 200. The Morgan fingerprint density at radius 2 is 1.75 bits per heavy atom. The molecule has 0 saturated carbocycles. The largest absolute Gasteiger partial charge is 0.461 e. The quantitative estimate of drug-likeness (QED) is 0.269. The van der Waals surface area contributed by atoms with E-state index in [1.165, 1.54) is 0 Å². The second-order valence-corrected chi connectivity index (χ2v) is 2.24. The first-order chi connectivity index (χ1) is 5.51. The summed E-state index contributed by atoms with van der Waals surface area (Å²) in [5.74, 6) is 0. The van der Waals surface area contributed by atoms with Gasteiger partial charge in [-0.25, -0.2) is 0 Å². The molecule has 0 bridgehead atoms. The zero-order valence-corrected chi connectivity index (χ0v) is 6.43. The lowest BCUT2D eigenvalue weighted by molar-refractivity contribution is -0.795. The molecule has 0 N–H and O–H groups in total. The highest BCUT2D eigenvalue weighted by Crippen LogP contribution is 2.20. The van der Waals surface area contributed by atoms with E-state index in [9.17, 15) is 20.2 Å². The third kappa shape index (κ3) is 1.58. The second kappa shape index (κ2) is 3.80. The van der Waals surface area contributed by atoms with Crippen LogP contribution in [0, 0.1) is 27.2 Å². The molecule has 6 heteroatoms. The molecular formula is C6H9N2O4. The molecular weight excluding hydrogens is 164 g/mol. The molecule has 0 atom stereocenters. The molecule has 0 amide bonds. The summed E-state index contributed by atoms with van der Waals surface area (Å²) < 4.78 is 0. The van der Waals surface area contributed by atoms with E-state index in [0.717, 1.165) is 6.08 Å². The van der Waals surface area contributed by atoms with Gasteiger partial charge in [0, 0.05) is 0 Å². The Kier molecular flexibility index (Phi) is 3.33. The molecule has 0 aliphatic rings. The van der Waals surface area contributed by atoms with Crippen molar-refractivity contribution in [2.24, 2.45) is 0 Å². The lowest BCUT2D eigenvalue weighted by atomic mass is 10.1. The topological polar surface area (TPSA) is 86.3 Å². The third-order valence-corrected chi connectivity index (χ3v) is 1.55. The molecule has 0 aliphatic heterocycles. The van der Waals surface area contributed by atoms with Crippen molar-refractivity contribution >= 4 is 0 Å². The van der Waals surface area contributed by atoms with Gasteiger partial charge in [0.15, 0.2) is 0 Å². The minimum absolute atomic E-state index is 0.309. The van der Waals surface area contributed by atoms with Crippen LogP contribution >= 0.6 is 0 Å². The van der Waals surface area contributed by atoms with E-state index in [2.05, 4.69) is 13.5 Å². The van der Waals surface area contributed by atoms with E-state index in [4.69, 9.17) is 0 Å². The van der Waals surface area contributed by atoms with Crippen LogP contribution in [-0.2, 0) is 0 Å². The summed E-state index contributed by atoms with van der Waals surface area (Å²) in [4.78, 5) is 18.9. The van der Waals surface area contributed by atoms with E-state index in [1.54, 1.807) is 0 Å². The first-order valence-electron chi connectivity index (χ1n) is 3.20. The lowest BCUT2D eigenvalue weighted by Crippen LogP contribution is -2.45. The summed E-state index contributed by atoms with van der Waals surface area (Å²) in [6.07, 6.45) is 0.451. The molecule has 0 saturated heterocycles. The van der Waals surface area contributed by atoms with Crippen LogP contribution in [0.25, 0.3) is 0 Å². The molecule has 67 valence electrons. The van der Waals surface area contributed by atoms with Crippen LogP contribution in [0.2, 0.25) is 0 Å². The maximum Gasteiger partial charge on any atom is 0.461 e. The first kappa shape index (κ1) is 10.5. The van der Waals surface area contributed by atoms with Gasteiger partial charge in [-0.1, -0.05) is 6.08 Å². The normalized spacial score (nSPS) is 10.8. The van der Waals surface area contributed by atoms with Crippen LogP contribution in [0.5, 0.6) is 0 Å². The molecule has 0 spiro atoms. The van der Waals surface area contributed by atoms with Crippen LogP contribution in [-0.4, -0.2) is 15.5 Å². The van der Waals surface area contributed by atoms with Gasteiger partial charge in [0.25, 0.3) is 0 Å². The van der Waals surface area contributed by atoms with Gasteiger partial charge in [-0.3, -0.25) is 20.2 Å². The monoisotopic (exact) mass is 173 g/mol. The maximum atomic E-state index is 10.4. The lowest BCUT2D eigenvalue weighted by Gasteiger charge is -2.12. The number of hydrogen-bond donors (Lipinski definition) is 0. The van der Waals surface area contributed by atoms with E-state index < -0.39 is 15.5 Å². The number of rotatable bonds is 5. The SMILES string of the molecule is [CH2]CC(CC=C)([N+](=O)[O-])[N+](=O)[O-]. The molecule has 0 unspecified atom stereocenters. The average molecular weight is 173 g/mol. The van der Waals surface area contributed by atoms with Gasteiger partial charge in [0.05, 0.1) is 16.3 Å². The molecule has 1 radical (unpaired) electrons. The fourth-order valence-electron chi connectivity index (χ4n) is 0.732. The number of nitrogens with zero attached hydrogens (tertiary/aromatic N) is 2. The highest BCUT2D eigenvalue weighted by Gasteiger charge is 2.52. The van der Waals surface area contributed by atoms with Crippen molar-refractivity contribution < 1.29 is 9.85 Å². The molecule has 0 aliphatic carbocycles. The van der Waals surface area contributed by atoms with E-state index in [0.29, 0.717) is 0 Å². The van der Waals surface area contributed by atoms with Crippen molar-refractivity contribution in [1.29, 1.82) is 0 Å². The molecule has 0 aromatic heterocycles. The van der Waals surface area contributed by atoms with Gasteiger partial charge >= 0.3 is 5.66 Å². The molecule has 12 heavy (non-hydrogen) atoms. The van der Waals surface area contributed by atoms with E-state index >= 15 is 0 Å². The van der Waals surface area contributed by atoms with Crippen molar-refractivity contribution in [2.75, 3.05) is 0 Å². The zero-order valence-electron chi connectivity index (χ0n) is 6.43. The predicted molar refractivity (Wildman–Crippen MR) is 41.5 cm³/mol. The molecule has 0 heterocycles. The molecule has 0 aromatic carbocycles. The van der Waals surface area contributed by atoms with Crippen LogP contribution < -0.4 is 0 Å². The molecule has 0 fully saturated rings. The highest BCUT2D eigenvalue weighted by molar-refractivity contribution is 4.79. The van der Waals surface area contributed by atoms with Gasteiger partial charge in [0.1, 0.15) is 6.42 Å². The summed E-state index contributed by atoms with van der Waals surface area (Å²) in [6.45, 7) is 6.41. The third-order valence-electron chi connectivity index (χ3n) is 1.55. The number of hydrogen-bond acceptors (Lipinski definition) is 4. The van der Waals surface area contributed by atoms with Gasteiger partial charge in [-0.05, 0) is 6.92 Å². The van der Waals surface area contributed by atoms with Gasteiger partial charge in [0.2, 0.25) is 0 Å². The van der Waals surface area contributed by atoms with Crippen molar-refractivity contribution in [1.82, 2.24) is 0 Å². The fourth-order valence-corrected chi connectivity index (χ4v) is 0.732. The summed E-state index contributed by atoms with van der Waals surface area (Å²) in [6, 6.07) is 0. The van der Waals surface area contributed by atoms with Crippen LogP contribution in [0.1, 0.15) is 12.8 Å². The fraction of sp³-hybridized carbons (Fsp3) is 0.500. The van der Waals surface area contributed by atoms with Crippen LogP contribution in [0.3, 0.4) is 0 Å². The molecule has 0 aromatic rings. The van der Waals surface area contributed by atoms with Crippen molar-refractivity contribution in [3.8, 4) is 0 Å². The summed E-state index contributed by atoms with van der Waals surface area (Å²) in [5, 5.41) is 20.7. The summed E-state index contributed by atoms with van der Waals surface area (Å²) in [5.41, 5.74) is -2.19. The van der Waals surface area contributed by atoms with Gasteiger partial charge in [-0.2, -0.15) is 0 Å². The second-order valence-electron chi connectivity index (χ2n) is 2.24. The predicted octanol–water partition coefficient (Wildman–Crippen LogP) is 1.04. The Morgan fingerprint density at radius 1 is 1.33 bits per heavy atom. The standard InChI is InChI=1S/C6H9N2O4/c1-3-5-6(4-2,7(9)10)8(11)12/h3H,1-2,4-5H2. The van der Waals surface area contributed by atoms with Crippen LogP contribution in [0.4, 0.5) is 0 Å². The Labute approximate surface area is 69.2 Å². The maximum absolute atomic E-state index is 10.4. The zero-order chi connectivity index (χ0) is 9.78. The number of nitro groups is 2. The smallest absolute Gasteiger partial charge is 0.258 e. The minimum Gasteiger partial charge on any atom is -0.258 e. The molecule has 6 nitrogen and oxygen atoms in total. The average Bonchev–Trinajstić information content (AvgIpc) is 1.98. The summed E-state index contributed by atoms with van der Waals surface area (Å²) in [7, 11) is 0. The highest BCUT2D eigenvalue weighted by atomic mass is 16.7. The van der Waals surface area contributed by atoms with Gasteiger partial charge < -0.3 is 0 Å². The Balaban J connectivity index is 4.88. The minimum atomic E-state index is -2.19. The summed E-state index contributed by atoms with van der Waals surface area (Å²) >= 11 is 0. The first-order valence-corrected chi connectivity index (χ1v) is 3.20. The molecule has 0 rings (SSSR count).